The lowest BCUT2D eigenvalue weighted by Crippen LogP contribution is -2.32. The van der Waals surface area contributed by atoms with E-state index in [0.717, 1.165) is 22.0 Å². The molecule has 2 heterocycles. The Morgan fingerprint density at radius 1 is 0.919 bits per heavy atom. The number of amides is 1. The van der Waals surface area contributed by atoms with Gasteiger partial charge in [-0.05, 0) is 64.6 Å². The number of aromatic nitrogens is 2. The lowest BCUT2D eigenvalue weighted by molar-refractivity contribution is 0.00695. The van der Waals surface area contributed by atoms with Crippen LogP contribution >= 0.6 is 0 Å². The van der Waals surface area contributed by atoms with Crippen LogP contribution in [0.4, 0.5) is 4.79 Å². The summed E-state index contributed by atoms with van der Waals surface area (Å²) in [6.07, 6.45) is 5.36. The number of nitrogens with one attached hydrogen (secondary N) is 2. The van der Waals surface area contributed by atoms with Crippen molar-refractivity contribution in [3.8, 4) is 0 Å². The summed E-state index contributed by atoms with van der Waals surface area (Å²) in [4.78, 5) is 33.7. The first-order valence-corrected chi connectivity index (χ1v) is 12.3. The van der Waals surface area contributed by atoms with Gasteiger partial charge in [0.1, 0.15) is 11.2 Å². The number of ether oxygens (including phenoxy) is 2. The van der Waals surface area contributed by atoms with Gasteiger partial charge in [-0.15, -0.1) is 0 Å². The SMILES string of the molecule is CC(C)(C)OC(=O)NCc1nc2c(ccc3c[nH]c(C=Cc4ccccc4)cc32)c1C(=O)OC(C)(C)C. The molecule has 4 aromatic rings. The maximum Gasteiger partial charge on any atom is 0.407 e. The van der Waals surface area contributed by atoms with Gasteiger partial charge in [0, 0.05) is 22.7 Å². The van der Waals surface area contributed by atoms with E-state index in [1.807, 2.05) is 87.7 Å². The van der Waals surface area contributed by atoms with Gasteiger partial charge in [-0.3, -0.25) is 0 Å². The van der Waals surface area contributed by atoms with E-state index in [-0.39, 0.29) is 6.54 Å². The summed E-state index contributed by atoms with van der Waals surface area (Å²) in [5.74, 6) is -0.484. The van der Waals surface area contributed by atoms with Crippen molar-refractivity contribution in [1.82, 2.24) is 15.3 Å². The van der Waals surface area contributed by atoms with Crippen LogP contribution in [-0.2, 0) is 16.0 Å². The van der Waals surface area contributed by atoms with Crippen molar-refractivity contribution < 1.29 is 19.1 Å². The van der Waals surface area contributed by atoms with Gasteiger partial charge in [-0.25, -0.2) is 14.6 Å². The molecule has 2 aromatic heterocycles. The van der Waals surface area contributed by atoms with Gasteiger partial charge in [0.2, 0.25) is 0 Å². The molecular weight excluding hydrogens is 466 g/mol. The standard InChI is InChI=1S/C30H33N3O4/c1-29(2,3)36-27(34)25-22-15-13-20-17-31-21(14-12-19-10-8-7-9-11-19)16-23(20)26(22)33-24(25)18-32-28(35)37-30(4,5)6/h7-17,31H,18H2,1-6H3,(H,32,35). The highest BCUT2D eigenvalue weighted by molar-refractivity contribution is 6.14. The second-order valence-electron chi connectivity index (χ2n) is 10.9. The Balaban J connectivity index is 1.77. The van der Waals surface area contributed by atoms with Crippen LogP contribution in [0, 0.1) is 0 Å². The summed E-state index contributed by atoms with van der Waals surface area (Å²) in [6.45, 7) is 10.9. The van der Waals surface area contributed by atoms with E-state index in [2.05, 4.69) is 10.3 Å². The van der Waals surface area contributed by atoms with Crippen molar-refractivity contribution in [2.75, 3.05) is 0 Å². The first kappa shape index (κ1) is 25.9. The van der Waals surface area contributed by atoms with Crippen molar-refractivity contribution in [3.63, 3.8) is 0 Å². The summed E-state index contributed by atoms with van der Waals surface area (Å²) in [6, 6.07) is 15.9. The minimum atomic E-state index is -0.683. The van der Waals surface area contributed by atoms with Crippen LogP contribution in [0.5, 0.6) is 0 Å². The number of nitrogens with zero attached hydrogens (tertiary/aromatic N) is 1. The molecule has 192 valence electrons. The first-order chi connectivity index (χ1) is 17.4. The van der Waals surface area contributed by atoms with Crippen LogP contribution in [-0.4, -0.2) is 33.2 Å². The number of rotatable bonds is 5. The highest BCUT2D eigenvalue weighted by Gasteiger charge is 2.26. The molecule has 7 nitrogen and oxygen atoms in total. The van der Waals surface area contributed by atoms with E-state index in [1.165, 1.54) is 0 Å². The maximum atomic E-state index is 13.3. The summed E-state index contributed by atoms with van der Waals surface area (Å²) in [5, 5.41) is 5.23. The van der Waals surface area contributed by atoms with Gasteiger partial charge in [0.25, 0.3) is 0 Å². The van der Waals surface area contributed by atoms with Gasteiger partial charge in [-0.1, -0.05) is 48.5 Å². The van der Waals surface area contributed by atoms with Crippen molar-refractivity contribution in [2.24, 2.45) is 0 Å². The fourth-order valence-corrected chi connectivity index (χ4v) is 3.93. The minimum Gasteiger partial charge on any atom is -0.456 e. The number of esters is 1. The number of aromatic amines is 1. The predicted octanol–water partition coefficient (Wildman–Crippen LogP) is 6.87. The molecule has 37 heavy (non-hydrogen) atoms. The second-order valence-corrected chi connectivity index (χ2v) is 10.9. The summed E-state index contributed by atoms with van der Waals surface area (Å²) in [7, 11) is 0. The Hall–Kier alpha value is -4.13. The Morgan fingerprint density at radius 2 is 1.62 bits per heavy atom. The van der Waals surface area contributed by atoms with Gasteiger partial charge in [0.15, 0.2) is 0 Å². The van der Waals surface area contributed by atoms with Crippen molar-refractivity contribution >= 4 is 45.9 Å². The van der Waals surface area contributed by atoms with Crippen molar-refractivity contribution in [1.29, 1.82) is 0 Å². The monoisotopic (exact) mass is 499 g/mol. The molecule has 0 saturated heterocycles. The van der Waals surface area contributed by atoms with Gasteiger partial charge in [-0.2, -0.15) is 0 Å². The Bertz CT molecular complexity index is 1470. The van der Waals surface area contributed by atoms with Crippen LogP contribution < -0.4 is 5.32 Å². The number of H-pyrrole nitrogens is 1. The predicted molar refractivity (Wildman–Crippen MR) is 147 cm³/mol. The van der Waals surface area contributed by atoms with Crippen LogP contribution in [0.2, 0.25) is 0 Å². The molecule has 0 unspecified atom stereocenters. The van der Waals surface area contributed by atoms with Gasteiger partial charge in [0.05, 0.1) is 23.3 Å². The maximum absolute atomic E-state index is 13.3. The third-order valence-electron chi connectivity index (χ3n) is 5.41. The lowest BCUT2D eigenvalue weighted by Gasteiger charge is -2.20. The number of carbonyl (C=O) groups is 2. The molecule has 0 bridgehead atoms. The fraction of sp³-hybridized carbons (Fsp3) is 0.300. The number of pyridine rings is 1. The van der Waals surface area contributed by atoms with Crippen LogP contribution in [0.3, 0.4) is 0 Å². The third-order valence-corrected chi connectivity index (χ3v) is 5.41. The topological polar surface area (TPSA) is 93.3 Å². The smallest absolute Gasteiger partial charge is 0.407 e. The summed E-state index contributed by atoms with van der Waals surface area (Å²) in [5.41, 5.74) is 2.09. The van der Waals surface area contributed by atoms with Crippen molar-refractivity contribution in [2.45, 2.75) is 59.3 Å². The first-order valence-electron chi connectivity index (χ1n) is 12.3. The molecule has 0 fully saturated rings. The molecule has 4 rings (SSSR count). The van der Waals surface area contributed by atoms with Gasteiger partial charge >= 0.3 is 12.1 Å². The molecule has 0 aliphatic rings. The number of carbonyl (C=O) groups excluding carboxylic acids is 2. The molecule has 2 N–H and O–H groups in total. The van der Waals surface area contributed by atoms with Gasteiger partial charge < -0.3 is 19.8 Å². The molecule has 0 radical (unpaired) electrons. The zero-order valence-electron chi connectivity index (χ0n) is 22.1. The van der Waals surface area contributed by atoms with E-state index in [0.29, 0.717) is 22.2 Å². The largest absolute Gasteiger partial charge is 0.456 e. The number of fused-ring (bicyclic) bond motifs is 3. The molecule has 2 aromatic carbocycles. The molecule has 0 aliphatic carbocycles. The zero-order valence-corrected chi connectivity index (χ0v) is 22.1. The van der Waals surface area contributed by atoms with Crippen LogP contribution in [0.25, 0.3) is 33.8 Å². The molecular formula is C30H33N3O4. The molecule has 0 saturated carbocycles. The number of hydrogen-bond donors (Lipinski definition) is 2. The number of alkyl carbamates (subject to hydrolysis) is 1. The van der Waals surface area contributed by atoms with E-state index in [9.17, 15) is 9.59 Å². The van der Waals surface area contributed by atoms with E-state index in [4.69, 9.17) is 14.5 Å². The molecule has 1 amide bonds. The average molecular weight is 500 g/mol. The third kappa shape index (κ3) is 6.55. The quantitative estimate of drug-likeness (QED) is 0.292. The lowest BCUT2D eigenvalue weighted by atomic mass is 10.0. The second kappa shape index (κ2) is 10.1. The average Bonchev–Trinajstić information content (AvgIpc) is 3.19. The van der Waals surface area contributed by atoms with Crippen LogP contribution in [0.1, 0.15) is 68.9 Å². The molecule has 0 spiro atoms. The number of hydrogen-bond acceptors (Lipinski definition) is 5. The van der Waals surface area contributed by atoms with Crippen molar-refractivity contribution in [3.05, 3.63) is 77.2 Å². The molecule has 0 aliphatic heterocycles. The molecule has 7 heteroatoms. The Labute approximate surface area is 216 Å². The Morgan fingerprint density at radius 3 is 2.30 bits per heavy atom. The minimum absolute atomic E-state index is 0.0272. The zero-order chi connectivity index (χ0) is 26.8. The van der Waals surface area contributed by atoms with E-state index >= 15 is 0 Å². The number of benzene rings is 2. The normalized spacial score (nSPS) is 12.3. The van der Waals surface area contributed by atoms with E-state index in [1.54, 1.807) is 20.8 Å². The molecule has 0 atom stereocenters. The summed E-state index contributed by atoms with van der Waals surface area (Å²) < 4.78 is 11.1. The van der Waals surface area contributed by atoms with E-state index < -0.39 is 23.3 Å². The Kier molecular flexibility index (Phi) is 7.07. The highest BCUT2D eigenvalue weighted by Crippen LogP contribution is 2.31. The highest BCUT2D eigenvalue weighted by atomic mass is 16.6. The van der Waals surface area contributed by atoms with Crippen LogP contribution in [0.15, 0.2) is 54.7 Å². The summed E-state index contributed by atoms with van der Waals surface area (Å²) >= 11 is 0. The fourth-order valence-electron chi connectivity index (χ4n) is 3.93.